The van der Waals surface area contributed by atoms with E-state index in [4.69, 9.17) is 4.74 Å². The number of piperidine rings is 1. The molecule has 0 radical (unpaired) electrons. The first-order valence-corrected chi connectivity index (χ1v) is 8.21. The van der Waals surface area contributed by atoms with Gasteiger partial charge in [-0.05, 0) is 68.2 Å². The van der Waals surface area contributed by atoms with Gasteiger partial charge in [-0.25, -0.2) is 0 Å². The Morgan fingerprint density at radius 2 is 2.10 bits per heavy atom. The second-order valence-electron chi connectivity index (χ2n) is 6.58. The summed E-state index contributed by atoms with van der Waals surface area (Å²) in [5, 5.41) is 0. The Balaban J connectivity index is 1.62. The maximum atomic E-state index is 12.5. The molecule has 0 unspecified atom stereocenters. The molecule has 1 aromatic rings. The molecular weight excluding hydrogens is 262 g/mol. The van der Waals surface area contributed by atoms with E-state index in [1.165, 1.54) is 30.4 Å². The first-order valence-electron chi connectivity index (χ1n) is 8.21. The van der Waals surface area contributed by atoms with Crippen molar-refractivity contribution in [2.24, 2.45) is 5.92 Å². The van der Waals surface area contributed by atoms with Gasteiger partial charge in [0.15, 0.2) is 6.10 Å². The summed E-state index contributed by atoms with van der Waals surface area (Å²) in [5.74, 6) is 1.57. The molecule has 21 heavy (non-hydrogen) atoms. The molecule has 1 amide bonds. The van der Waals surface area contributed by atoms with E-state index in [0.29, 0.717) is 5.92 Å². The predicted octanol–water partition coefficient (Wildman–Crippen LogP) is 3.20. The minimum atomic E-state index is -0.394. The summed E-state index contributed by atoms with van der Waals surface area (Å²) in [5.41, 5.74) is 2.82. The molecule has 114 valence electrons. The molecule has 0 saturated carbocycles. The monoisotopic (exact) mass is 287 g/mol. The lowest BCUT2D eigenvalue weighted by Gasteiger charge is -2.32. The molecular formula is C18H25NO2. The minimum Gasteiger partial charge on any atom is -0.481 e. The quantitative estimate of drug-likeness (QED) is 0.854. The van der Waals surface area contributed by atoms with Crippen molar-refractivity contribution in [1.29, 1.82) is 0 Å². The maximum absolute atomic E-state index is 12.5. The summed E-state index contributed by atoms with van der Waals surface area (Å²) in [6, 6.07) is 6.27. The highest BCUT2D eigenvalue weighted by Crippen LogP contribution is 2.27. The molecule has 1 aliphatic carbocycles. The van der Waals surface area contributed by atoms with Gasteiger partial charge in [-0.3, -0.25) is 4.79 Å². The number of benzene rings is 1. The SMILES string of the molecule is C[C@@H]1CCCN(C(=O)[C@@H](C)Oc2ccc3c(c2)CCC3)C1. The molecule has 1 aliphatic heterocycles. The molecule has 1 heterocycles. The number of amides is 1. The molecule has 1 aromatic carbocycles. The van der Waals surface area contributed by atoms with E-state index in [9.17, 15) is 4.79 Å². The van der Waals surface area contributed by atoms with Crippen LogP contribution in [-0.4, -0.2) is 30.0 Å². The fourth-order valence-corrected chi connectivity index (χ4v) is 3.52. The number of carbonyl (C=O) groups excluding carboxylic acids is 1. The Morgan fingerprint density at radius 1 is 1.29 bits per heavy atom. The van der Waals surface area contributed by atoms with Gasteiger partial charge < -0.3 is 9.64 Å². The lowest BCUT2D eigenvalue weighted by molar-refractivity contribution is -0.139. The van der Waals surface area contributed by atoms with Crippen LogP contribution in [0.4, 0.5) is 0 Å². The molecule has 0 spiro atoms. The maximum Gasteiger partial charge on any atom is 0.263 e. The van der Waals surface area contributed by atoms with Crippen molar-refractivity contribution in [1.82, 2.24) is 4.90 Å². The van der Waals surface area contributed by atoms with Crippen molar-refractivity contribution < 1.29 is 9.53 Å². The van der Waals surface area contributed by atoms with Gasteiger partial charge in [0.05, 0.1) is 0 Å². The zero-order valence-electron chi connectivity index (χ0n) is 13.1. The molecule has 0 aromatic heterocycles. The zero-order valence-corrected chi connectivity index (χ0v) is 13.1. The number of rotatable bonds is 3. The topological polar surface area (TPSA) is 29.5 Å². The molecule has 0 bridgehead atoms. The van der Waals surface area contributed by atoms with Crippen molar-refractivity contribution in [3.05, 3.63) is 29.3 Å². The molecule has 0 N–H and O–H groups in total. The predicted molar refractivity (Wildman–Crippen MR) is 83.5 cm³/mol. The number of nitrogens with zero attached hydrogens (tertiary/aromatic N) is 1. The largest absolute Gasteiger partial charge is 0.481 e. The average Bonchev–Trinajstić information content (AvgIpc) is 2.94. The lowest BCUT2D eigenvalue weighted by Crippen LogP contribution is -2.45. The van der Waals surface area contributed by atoms with Crippen molar-refractivity contribution in [2.45, 2.75) is 52.1 Å². The average molecular weight is 287 g/mol. The van der Waals surface area contributed by atoms with Crippen LogP contribution in [0.5, 0.6) is 5.75 Å². The van der Waals surface area contributed by atoms with Crippen LogP contribution in [0.2, 0.25) is 0 Å². The Hall–Kier alpha value is -1.51. The first kappa shape index (κ1) is 14.4. The van der Waals surface area contributed by atoms with Gasteiger partial charge in [0.25, 0.3) is 5.91 Å². The molecule has 1 fully saturated rings. The Kier molecular flexibility index (Phi) is 4.18. The van der Waals surface area contributed by atoms with Crippen molar-refractivity contribution in [3.8, 4) is 5.75 Å². The normalized spacial score (nSPS) is 22.8. The van der Waals surface area contributed by atoms with Crippen LogP contribution in [-0.2, 0) is 17.6 Å². The molecule has 2 atom stereocenters. The van der Waals surface area contributed by atoms with Crippen LogP contribution in [0.25, 0.3) is 0 Å². The molecule has 3 heteroatoms. The Bertz CT molecular complexity index is 526. The van der Waals surface area contributed by atoms with Gasteiger partial charge >= 0.3 is 0 Å². The Labute approximate surface area is 127 Å². The smallest absolute Gasteiger partial charge is 0.263 e. The number of aryl methyl sites for hydroxylation is 2. The van der Waals surface area contributed by atoms with E-state index in [-0.39, 0.29) is 5.91 Å². The lowest BCUT2D eigenvalue weighted by atomic mass is 10.00. The van der Waals surface area contributed by atoms with Gasteiger partial charge in [0.1, 0.15) is 5.75 Å². The first-order chi connectivity index (χ1) is 10.1. The van der Waals surface area contributed by atoms with Crippen molar-refractivity contribution in [2.75, 3.05) is 13.1 Å². The summed E-state index contributed by atoms with van der Waals surface area (Å²) in [4.78, 5) is 14.4. The number of hydrogen-bond acceptors (Lipinski definition) is 2. The van der Waals surface area contributed by atoms with E-state index in [0.717, 1.165) is 31.7 Å². The number of fused-ring (bicyclic) bond motifs is 1. The van der Waals surface area contributed by atoms with Crippen LogP contribution in [0, 0.1) is 5.92 Å². The van der Waals surface area contributed by atoms with Gasteiger partial charge in [-0.1, -0.05) is 13.0 Å². The van der Waals surface area contributed by atoms with Gasteiger partial charge in [0, 0.05) is 13.1 Å². The second-order valence-corrected chi connectivity index (χ2v) is 6.58. The van der Waals surface area contributed by atoms with E-state index < -0.39 is 6.10 Å². The number of hydrogen-bond donors (Lipinski definition) is 0. The highest BCUT2D eigenvalue weighted by molar-refractivity contribution is 5.81. The fraction of sp³-hybridized carbons (Fsp3) is 0.611. The van der Waals surface area contributed by atoms with E-state index in [2.05, 4.69) is 19.1 Å². The molecule has 2 aliphatic rings. The number of ether oxygens (including phenoxy) is 1. The van der Waals surface area contributed by atoms with Crippen LogP contribution in [0.1, 0.15) is 44.2 Å². The molecule has 1 saturated heterocycles. The second kappa shape index (κ2) is 6.08. The Morgan fingerprint density at radius 3 is 2.90 bits per heavy atom. The third-order valence-corrected chi connectivity index (χ3v) is 4.70. The van der Waals surface area contributed by atoms with Gasteiger partial charge in [0.2, 0.25) is 0 Å². The third-order valence-electron chi connectivity index (χ3n) is 4.70. The standard InChI is InChI=1S/C18H25NO2/c1-13-5-4-10-19(12-13)18(20)14(2)21-17-9-8-15-6-3-7-16(15)11-17/h8-9,11,13-14H,3-7,10,12H2,1-2H3/t13-,14-/m1/s1. The highest BCUT2D eigenvalue weighted by atomic mass is 16.5. The summed E-state index contributed by atoms with van der Waals surface area (Å²) >= 11 is 0. The van der Waals surface area contributed by atoms with Gasteiger partial charge in [-0.2, -0.15) is 0 Å². The van der Waals surface area contributed by atoms with Crippen LogP contribution < -0.4 is 4.74 Å². The van der Waals surface area contributed by atoms with Crippen LogP contribution in [0.15, 0.2) is 18.2 Å². The third kappa shape index (κ3) is 3.22. The molecule has 3 nitrogen and oxygen atoms in total. The van der Waals surface area contributed by atoms with E-state index in [1.54, 1.807) is 0 Å². The highest BCUT2D eigenvalue weighted by Gasteiger charge is 2.26. The van der Waals surface area contributed by atoms with E-state index >= 15 is 0 Å². The minimum absolute atomic E-state index is 0.127. The number of carbonyl (C=O) groups is 1. The summed E-state index contributed by atoms with van der Waals surface area (Å²) in [6.07, 6.45) is 5.49. The summed E-state index contributed by atoms with van der Waals surface area (Å²) in [6.45, 7) is 5.83. The van der Waals surface area contributed by atoms with Gasteiger partial charge in [-0.15, -0.1) is 0 Å². The van der Waals surface area contributed by atoms with Crippen molar-refractivity contribution >= 4 is 5.91 Å². The summed E-state index contributed by atoms with van der Waals surface area (Å²) in [7, 11) is 0. The van der Waals surface area contributed by atoms with Crippen LogP contribution >= 0.6 is 0 Å². The molecule has 3 rings (SSSR count). The van der Waals surface area contributed by atoms with Crippen molar-refractivity contribution in [3.63, 3.8) is 0 Å². The fourth-order valence-electron chi connectivity index (χ4n) is 3.52. The van der Waals surface area contributed by atoms with Crippen LogP contribution in [0.3, 0.4) is 0 Å². The number of likely N-dealkylation sites (tertiary alicyclic amines) is 1. The van der Waals surface area contributed by atoms with E-state index in [1.807, 2.05) is 17.9 Å². The summed E-state index contributed by atoms with van der Waals surface area (Å²) < 4.78 is 5.90. The zero-order chi connectivity index (χ0) is 14.8.